The van der Waals surface area contributed by atoms with Crippen LogP contribution in [0.25, 0.3) is 0 Å². The normalized spacial score (nSPS) is 9.86. The van der Waals surface area contributed by atoms with Crippen LogP contribution < -0.4 is 0 Å². The predicted molar refractivity (Wildman–Crippen MR) is 56.4 cm³/mol. The molecule has 0 aliphatic rings. The highest BCUT2D eigenvalue weighted by molar-refractivity contribution is 7.98. The highest BCUT2D eigenvalue weighted by Gasteiger charge is 2.03. The summed E-state index contributed by atoms with van der Waals surface area (Å²) in [4.78, 5) is 15.3. The number of esters is 1. The minimum absolute atomic E-state index is 0.203. The Morgan fingerprint density at radius 2 is 2.36 bits per heavy atom. The monoisotopic (exact) mass is 211 g/mol. The van der Waals surface area contributed by atoms with Gasteiger partial charge in [-0.15, -0.1) is 11.8 Å². The summed E-state index contributed by atoms with van der Waals surface area (Å²) in [6, 6.07) is 3.80. The van der Waals surface area contributed by atoms with E-state index in [2.05, 4.69) is 4.98 Å². The Hall–Kier alpha value is -1.03. The first kappa shape index (κ1) is 11.0. The molecular formula is C10H13NO2S. The molecule has 0 N–H and O–H groups in total. The molecule has 1 rings (SSSR count). The van der Waals surface area contributed by atoms with Gasteiger partial charge >= 0.3 is 5.97 Å². The van der Waals surface area contributed by atoms with Crippen molar-refractivity contribution in [2.45, 2.75) is 18.4 Å². The minimum Gasteiger partial charge on any atom is -0.466 e. The van der Waals surface area contributed by atoms with Crippen LogP contribution in [0.3, 0.4) is 0 Å². The van der Waals surface area contributed by atoms with Gasteiger partial charge in [-0.25, -0.2) is 4.98 Å². The molecule has 1 aromatic heterocycles. The minimum atomic E-state index is -0.203. The zero-order chi connectivity index (χ0) is 10.4. The highest BCUT2D eigenvalue weighted by atomic mass is 32.2. The number of pyridine rings is 1. The lowest BCUT2D eigenvalue weighted by Crippen LogP contribution is -2.07. The van der Waals surface area contributed by atoms with Gasteiger partial charge in [0.1, 0.15) is 0 Å². The third-order valence-electron chi connectivity index (χ3n) is 1.66. The van der Waals surface area contributed by atoms with Crippen molar-refractivity contribution in [3.8, 4) is 0 Å². The second kappa shape index (κ2) is 5.65. The van der Waals surface area contributed by atoms with Crippen molar-refractivity contribution in [1.82, 2.24) is 4.98 Å². The fraction of sp³-hybridized carbons (Fsp3) is 0.400. The van der Waals surface area contributed by atoms with Gasteiger partial charge in [0.25, 0.3) is 0 Å². The van der Waals surface area contributed by atoms with E-state index >= 15 is 0 Å². The average Bonchev–Trinajstić information content (AvgIpc) is 2.19. The summed E-state index contributed by atoms with van der Waals surface area (Å²) < 4.78 is 4.83. The van der Waals surface area contributed by atoms with Crippen molar-refractivity contribution in [2.75, 3.05) is 12.9 Å². The quantitative estimate of drug-likeness (QED) is 0.563. The molecule has 0 bridgehead atoms. The lowest BCUT2D eigenvalue weighted by Gasteiger charge is -2.01. The van der Waals surface area contributed by atoms with E-state index in [1.165, 1.54) is 0 Å². The molecule has 3 nitrogen and oxygen atoms in total. The molecule has 4 heteroatoms. The van der Waals surface area contributed by atoms with E-state index in [-0.39, 0.29) is 5.97 Å². The van der Waals surface area contributed by atoms with E-state index < -0.39 is 0 Å². The Morgan fingerprint density at radius 3 is 2.86 bits per heavy atom. The summed E-state index contributed by atoms with van der Waals surface area (Å²) in [5.41, 5.74) is 0.890. The largest absolute Gasteiger partial charge is 0.466 e. The van der Waals surface area contributed by atoms with Crippen LogP contribution in [0, 0.1) is 0 Å². The summed E-state index contributed by atoms with van der Waals surface area (Å²) in [6.07, 6.45) is 3.98. The second-order valence-electron chi connectivity index (χ2n) is 2.69. The van der Waals surface area contributed by atoms with Gasteiger partial charge in [0.2, 0.25) is 0 Å². The maximum absolute atomic E-state index is 11.1. The standard InChI is InChI=1S/C10H13NO2S/c1-3-13-10(12)6-8-4-5-9(14-2)11-7-8/h4-5,7H,3,6H2,1-2H3. The summed E-state index contributed by atoms with van der Waals surface area (Å²) in [5.74, 6) is -0.203. The van der Waals surface area contributed by atoms with Crippen molar-refractivity contribution < 1.29 is 9.53 Å². The molecule has 0 amide bonds. The molecule has 0 spiro atoms. The molecule has 1 heterocycles. The van der Waals surface area contributed by atoms with E-state index in [1.807, 2.05) is 18.4 Å². The molecule has 0 unspecified atom stereocenters. The number of hydrogen-bond acceptors (Lipinski definition) is 4. The Morgan fingerprint density at radius 1 is 1.57 bits per heavy atom. The van der Waals surface area contributed by atoms with Gasteiger partial charge in [-0.1, -0.05) is 6.07 Å². The number of rotatable bonds is 4. The van der Waals surface area contributed by atoms with Crippen molar-refractivity contribution in [2.24, 2.45) is 0 Å². The van der Waals surface area contributed by atoms with Gasteiger partial charge in [0.15, 0.2) is 0 Å². The van der Waals surface area contributed by atoms with Gasteiger partial charge < -0.3 is 4.74 Å². The summed E-state index contributed by atoms with van der Waals surface area (Å²) in [5, 5.41) is 0.956. The molecule has 1 aromatic rings. The van der Waals surface area contributed by atoms with Crippen molar-refractivity contribution in [3.05, 3.63) is 23.9 Å². The number of carbonyl (C=O) groups is 1. The maximum atomic E-state index is 11.1. The number of aromatic nitrogens is 1. The zero-order valence-electron chi connectivity index (χ0n) is 8.32. The van der Waals surface area contributed by atoms with Gasteiger partial charge in [0.05, 0.1) is 18.1 Å². The molecule has 14 heavy (non-hydrogen) atoms. The Labute approximate surface area is 87.9 Å². The van der Waals surface area contributed by atoms with Crippen LogP contribution in [0.1, 0.15) is 12.5 Å². The zero-order valence-corrected chi connectivity index (χ0v) is 9.13. The maximum Gasteiger partial charge on any atom is 0.310 e. The molecule has 0 saturated heterocycles. The first-order valence-corrected chi connectivity index (χ1v) is 5.63. The van der Waals surface area contributed by atoms with Crippen molar-refractivity contribution in [3.63, 3.8) is 0 Å². The highest BCUT2D eigenvalue weighted by Crippen LogP contribution is 2.11. The third kappa shape index (κ3) is 3.38. The molecule has 0 aromatic carbocycles. The van der Waals surface area contributed by atoms with E-state index in [0.717, 1.165) is 10.6 Å². The van der Waals surface area contributed by atoms with E-state index in [1.54, 1.807) is 24.9 Å². The first-order chi connectivity index (χ1) is 6.76. The van der Waals surface area contributed by atoms with E-state index in [9.17, 15) is 4.79 Å². The van der Waals surface area contributed by atoms with Crippen molar-refractivity contribution >= 4 is 17.7 Å². The molecule has 0 saturated carbocycles. The summed E-state index contributed by atoms with van der Waals surface area (Å²) in [7, 11) is 0. The molecule has 0 radical (unpaired) electrons. The fourth-order valence-electron chi connectivity index (χ4n) is 1.01. The first-order valence-electron chi connectivity index (χ1n) is 4.40. The molecule has 76 valence electrons. The fourth-order valence-corrected chi connectivity index (χ4v) is 1.38. The summed E-state index contributed by atoms with van der Waals surface area (Å²) in [6.45, 7) is 2.22. The third-order valence-corrected chi connectivity index (χ3v) is 2.32. The van der Waals surface area contributed by atoms with Crippen LogP contribution in [0.2, 0.25) is 0 Å². The molecule has 0 fully saturated rings. The topological polar surface area (TPSA) is 39.2 Å². The molecule has 0 aliphatic carbocycles. The molecule has 0 atom stereocenters. The Balaban J connectivity index is 2.55. The average molecular weight is 211 g/mol. The lowest BCUT2D eigenvalue weighted by atomic mass is 10.2. The van der Waals surface area contributed by atoms with Gasteiger partial charge in [-0.05, 0) is 24.8 Å². The van der Waals surface area contributed by atoms with Crippen LogP contribution in [-0.2, 0) is 16.0 Å². The number of carbonyl (C=O) groups excluding carboxylic acids is 1. The smallest absolute Gasteiger partial charge is 0.310 e. The SMILES string of the molecule is CCOC(=O)Cc1ccc(SC)nc1. The van der Waals surface area contributed by atoms with Gasteiger partial charge in [0, 0.05) is 6.20 Å². The molecule has 0 aliphatic heterocycles. The van der Waals surface area contributed by atoms with Crippen LogP contribution >= 0.6 is 11.8 Å². The number of ether oxygens (including phenoxy) is 1. The molecular weight excluding hydrogens is 198 g/mol. The summed E-state index contributed by atoms with van der Waals surface area (Å²) >= 11 is 1.58. The number of hydrogen-bond donors (Lipinski definition) is 0. The Kier molecular flexibility index (Phi) is 4.46. The van der Waals surface area contributed by atoms with Crippen molar-refractivity contribution in [1.29, 1.82) is 0 Å². The lowest BCUT2D eigenvalue weighted by molar-refractivity contribution is -0.142. The van der Waals surface area contributed by atoms with Crippen LogP contribution in [0.15, 0.2) is 23.4 Å². The van der Waals surface area contributed by atoms with Crippen LogP contribution in [0.5, 0.6) is 0 Å². The van der Waals surface area contributed by atoms with Crippen LogP contribution in [-0.4, -0.2) is 23.8 Å². The number of thioether (sulfide) groups is 1. The van der Waals surface area contributed by atoms with Gasteiger partial charge in [-0.3, -0.25) is 4.79 Å². The number of nitrogens with zero attached hydrogens (tertiary/aromatic N) is 1. The van der Waals surface area contributed by atoms with E-state index in [4.69, 9.17) is 4.74 Å². The predicted octanol–water partition coefficient (Wildman–Crippen LogP) is 1.91. The van der Waals surface area contributed by atoms with Gasteiger partial charge in [-0.2, -0.15) is 0 Å². The van der Waals surface area contributed by atoms with E-state index in [0.29, 0.717) is 13.0 Å². The van der Waals surface area contributed by atoms with Crippen LogP contribution in [0.4, 0.5) is 0 Å². The second-order valence-corrected chi connectivity index (χ2v) is 3.52. The Bertz CT molecular complexity index is 297.